The van der Waals surface area contributed by atoms with Gasteiger partial charge in [0.1, 0.15) is 0 Å². The number of thiophene rings is 1. The number of piperidine rings is 1. The van der Waals surface area contributed by atoms with Gasteiger partial charge < -0.3 is 10.2 Å². The molecule has 0 aromatic carbocycles. The Kier molecular flexibility index (Phi) is 4.18. The molecule has 17 heavy (non-hydrogen) atoms. The summed E-state index contributed by atoms with van der Waals surface area (Å²) >= 11 is 1.56. The van der Waals surface area contributed by atoms with Crippen LogP contribution in [-0.4, -0.2) is 37.5 Å². The van der Waals surface area contributed by atoms with Crippen LogP contribution in [-0.2, 0) is 0 Å². The fourth-order valence-corrected chi connectivity index (χ4v) is 3.33. The van der Waals surface area contributed by atoms with Crippen molar-refractivity contribution in [2.75, 3.05) is 26.7 Å². The minimum atomic E-state index is 0.221. The van der Waals surface area contributed by atoms with Crippen LogP contribution in [0, 0.1) is 12.8 Å². The number of carbonyl (C=O) groups is 1. The van der Waals surface area contributed by atoms with E-state index in [2.05, 4.69) is 5.32 Å². The number of hydrogen-bond acceptors (Lipinski definition) is 3. The first kappa shape index (κ1) is 12.6. The molecule has 1 amide bonds. The first-order chi connectivity index (χ1) is 8.22. The topological polar surface area (TPSA) is 32.3 Å². The third-order valence-electron chi connectivity index (χ3n) is 3.36. The third kappa shape index (κ3) is 2.87. The normalized spacial score (nSPS) is 20.6. The lowest BCUT2D eigenvalue weighted by Crippen LogP contribution is -2.42. The number of carbonyl (C=O) groups excluding carboxylic acids is 1. The van der Waals surface area contributed by atoms with Crippen LogP contribution in [0.2, 0.25) is 0 Å². The molecule has 0 bridgehead atoms. The molecule has 0 radical (unpaired) electrons. The second kappa shape index (κ2) is 5.65. The van der Waals surface area contributed by atoms with Gasteiger partial charge in [0, 0.05) is 13.1 Å². The number of likely N-dealkylation sites (tertiary alicyclic amines) is 1. The predicted octanol–water partition coefficient (Wildman–Crippen LogP) is 2.13. The minimum Gasteiger partial charge on any atom is -0.338 e. The summed E-state index contributed by atoms with van der Waals surface area (Å²) in [7, 11) is 1.98. The second-order valence-electron chi connectivity index (χ2n) is 4.75. The Morgan fingerprint density at radius 1 is 1.65 bits per heavy atom. The Morgan fingerprint density at radius 3 is 3.12 bits per heavy atom. The van der Waals surface area contributed by atoms with Crippen LogP contribution >= 0.6 is 11.3 Å². The van der Waals surface area contributed by atoms with E-state index in [0.29, 0.717) is 5.92 Å². The average Bonchev–Trinajstić information content (AvgIpc) is 2.75. The molecule has 1 aromatic rings. The maximum Gasteiger partial charge on any atom is 0.264 e. The monoisotopic (exact) mass is 252 g/mol. The Labute approximate surface area is 107 Å². The van der Waals surface area contributed by atoms with Gasteiger partial charge in [-0.15, -0.1) is 11.3 Å². The first-order valence-corrected chi connectivity index (χ1v) is 7.08. The second-order valence-corrected chi connectivity index (χ2v) is 5.67. The third-order valence-corrected chi connectivity index (χ3v) is 4.36. The molecular weight excluding hydrogens is 232 g/mol. The summed E-state index contributed by atoms with van der Waals surface area (Å²) in [5.74, 6) is 0.830. The lowest BCUT2D eigenvalue weighted by Gasteiger charge is -2.32. The van der Waals surface area contributed by atoms with Gasteiger partial charge in [0.05, 0.1) is 4.88 Å². The van der Waals surface area contributed by atoms with Crippen LogP contribution in [0.4, 0.5) is 0 Å². The number of rotatable bonds is 3. The quantitative estimate of drug-likeness (QED) is 0.894. The maximum atomic E-state index is 12.3. The number of nitrogens with zero attached hydrogens (tertiary/aromatic N) is 1. The first-order valence-electron chi connectivity index (χ1n) is 6.20. The number of amides is 1. The van der Waals surface area contributed by atoms with Crippen molar-refractivity contribution in [3.8, 4) is 0 Å². The van der Waals surface area contributed by atoms with Gasteiger partial charge in [-0.05, 0) is 56.3 Å². The minimum absolute atomic E-state index is 0.221. The molecule has 1 aliphatic rings. The van der Waals surface area contributed by atoms with Crippen molar-refractivity contribution in [2.45, 2.75) is 19.8 Å². The molecule has 0 spiro atoms. The van der Waals surface area contributed by atoms with Crippen LogP contribution < -0.4 is 5.32 Å². The van der Waals surface area contributed by atoms with E-state index < -0.39 is 0 Å². The Morgan fingerprint density at radius 2 is 2.47 bits per heavy atom. The van der Waals surface area contributed by atoms with Gasteiger partial charge >= 0.3 is 0 Å². The smallest absolute Gasteiger partial charge is 0.264 e. The van der Waals surface area contributed by atoms with Gasteiger partial charge in [0.25, 0.3) is 5.91 Å². The summed E-state index contributed by atoms with van der Waals surface area (Å²) in [6, 6.07) is 2.02. The van der Waals surface area contributed by atoms with Gasteiger partial charge in [0.2, 0.25) is 0 Å². The lowest BCUT2D eigenvalue weighted by atomic mass is 9.98. The highest BCUT2D eigenvalue weighted by Gasteiger charge is 2.25. The van der Waals surface area contributed by atoms with Crippen LogP contribution in [0.25, 0.3) is 0 Å². The molecule has 0 saturated carbocycles. The predicted molar refractivity (Wildman–Crippen MR) is 71.6 cm³/mol. The summed E-state index contributed by atoms with van der Waals surface area (Å²) in [4.78, 5) is 15.3. The van der Waals surface area contributed by atoms with E-state index in [0.717, 1.165) is 36.5 Å². The molecule has 1 N–H and O–H groups in total. The molecule has 1 unspecified atom stereocenters. The van der Waals surface area contributed by atoms with Gasteiger partial charge in [-0.2, -0.15) is 0 Å². The lowest BCUT2D eigenvalue weighted by molar-refractivity contribution is 0.0678. The van der Waals surface area contributed by atoms with E-state index in [4.69, 9.17) is 0 Å². The largest absolute Gasteiger partial charge is 0.338 e. The van der Waals surface area contributed by atoms with Crippen LogP contribution in [0.15, 0.2) is 11.4 Å². The van der Waals surface area contributed by atoms with E-state index in [1.54, 1.807) is 11.3 Å². The molecule has 1 aromatic heterocycles. The van der Waals surface area contributed by atoms with Gasteiger partial charge in [-0.1, -0.05) is 0 Å². The Bertz CT molecular complexity index is 387. The number of nitrogens with one attached hydrogen (secondary N) is 1. The average molecular weight is 252 g/mol. The zero-order valence-electron chi connectivity index (χ0n) is 10.5. The molecule has 2 rings (SSSR count). The molecule has 1 aliphatic heterocycles. The van der Waals surface area contributed by atoms with Crippen molar-refractivity contribution in [3.05, 3.63) is 21.9 Å². The molecule has 4 heteroatoms. The van der Waals surface area contributed by atoms with Crippen molar-refractivity contribution < 1.29 is 4.79 Å². The zero-order valence-corrected chi connectivity index (χ0v) is 11.3. The van der Waals surface area contributed by atoms with Crippen LogP contribution in [0.5, 0.6) is 0 Å². The molecule has 2 heterocycles. The van der Waals surface area contributed by atoms with Crippen molar-refractivity contribution >= 4 is 17.2 Å². The fourth-order valence-electron chi connectivity index (χ4n) is 2.44. The van der Waals surface area contributed by atoms with Gasteiger partial charge in [0.15, 0.2) is 0 Å². The van der Waals surface area contributed by atoms with E-state index in [1.807, 2.05) is 30.3 Å². The van der Waals surface area contributed by atoms with Gasteiger partial charge in [-0.3, -0.25) is 4.79 Å². The standard InChI is InChI=1S/C13H20N2OS/c1-10-5-7-17-12(10)13(16)15-6-3-4-11(9-15)8-14-2/h5,7,11,14H,3-4,6,8-9H2,1-2H3. The zero-order chi connectivity index (χ0) is 12.3. The maximum absolute atomic E-state index is 12.3. The highest BCUT2D eigenvalue weighted by atomic mass is 32.1. The van der Waals surface area contributed by atoms with Gasteiger partial charge in [-0.25, -0.2) is 0 Å². The molecule has 1 fully saturated rings. The molecule has 1 saturated heterocycles. The fraction of sp³-hybridized carbons (Fsp3) is 0.615. The summed E-state index contributed by atoms with van der Waals surface area (Å²) < 4.78 is 0. The van der Waals surface area contributed by atoms with E-state index >= 15 is 0 Å². The summed E-state index contributed by atoms with van der Waals surface area (Å²) in [6.07, 6.45) is 2.36. The molecule has 3 nitrogen and oxygen atoms in total. The van der Waals surface area contributed by atoms with Crippen LogP contribution in [0.1, 0.15) is 28.1 Å². The van der Waals surface area contributed by atoms with Crippen molar-refractivity contribution in [1.82, 2.24) is 10.2 Å². The van der Waals surface area contributed by atoms with E-state index in [9.17, 15) is 4.79 Å². The highest BCUT2D eigenvalue weighted by molar-refractivity contribution is 7.12. The molecule has 94 valence electrons. The number of hydrogen-bond donors (Lipinski definition) is 1. The van der Waals surface area contributed by atoms with Crippen molar-refractivity contribution in [3.63, 3.8) is 0 Å². The summed E-state index contributed by atoms with van der Waals surface area (Å²) in [6.45, 7) is 4.83. The Balaban J connectivity index is 2.02. The summed E-state index contributed by atoms with van der Waals surface area (Å²) in [5.41, 5.74) is 1.11. The van der Waals surface area contributed by atoms with Crippen molar-refractivity contribution in [2.24, 2.45) is 5.92 Å². The summed E-state index contributed by atoms with van der Waals surface area (Å²) in [5, 5.41) is 5.21. The number of aryl methyl sites for hydroxylation is 1. The molecular formula is C13H20N2OS. The molecule has 1 atom stereocenters. The van der Waals surface area contributed by atoms with Crippen molar-refractivity contribution in [1.29, 1.82) is 0 Å². The Hall–Kier alpha value is -0.870. The highest BCUT2D eigenvalue weighted by Crippen LogP contribution is 2.22. The van der Waals surface area contributed by atoms with E-state index in [1.165, 1.54) is 6.42 Å². The van der Waals surface area contributed by atoms with E-state index in [-0.39, 0.29) is 5.91 Å². The SMILES string of the molecule is CNCC1CCCN(C(=O)c2sccc2C)C1. The molecule has 0 aliphatic carbocycles. The van der Waals surface area contributed by atoms with Crippen LogP contribution in [0.3, 0.4) is 0 Å².